The van der Waals surface area contributed by atoms with Gasteiger partial charge in [-0.15, -0.1) is 0 Å². The number of halogens is 1. The van der Waals surface area contributed by atoms with Crippen LogP contribution in [0.1, 0.15) is 27.4 Å². The second kappa shape index (κ2) is 10.5. The summed E-state index contributed by atoms with van der Waals surface area (Å²) in [4.78, 5) is 12.8. The highest BCUT2D eigenvalue weighted by molar-refractivity contribution is 7.91. The number of aryl methyl sites for hydroxylation is 2. The Bertz CT molecular complexity index is 1510. The van der Waals surface area contributed by atoms with Gasteiger partial charge < -0.3 is 19.2 Å². The first-order chi connectivity index (χ1) is 17.2. The molecule has 3 aromatic carbocycles. The number of sulfone groups is 1. The number of amides is 1. The molecule has 0 bridgehead atoms. The average molecular weight is 526 g/mol. The molecule has 9 heteroatoms. The molecule has 186 valence electrons. The molecule has 0 saturated carbocycles. The lowest BCUT2D eigenvalue weighted by molar-refractivity contribution is 0.0992. The summed E-state index contributed by atoms with van der Waals surface area (Å²) in [6, 6.07) is 19.0. The number of carbonyl (C=O) groups excluding carboxylic acids is 1. The molecular formula is C27H24ClNO6S. The Balaban J connectivity index is 1.50. The third-order valence-corrected chi connectivity index (χ3v) is 7.55. The number of anilines is 1. The molecule has 1 amide bonds. The summed E-state index contributed by atoms with van der Waals surface area (Å²) in [5.41, 5.74) is 2.51. The normalized spacial score (nSPS) is 11.2. The van der Waals surface area contributed by atoms with Crippen molar-refractivity contribution in [2.45, 2.75) is 30.2 Å². The summed E-state index contributed by atoms with van der Waals surface area (Å²) < 4.78 is 42.9. The number of methoxy groups -OCH3 is 1. The van der Waals surface area contributed by atoms with Crippen molar-refractivity contribution in [3.8, 4) is 11.5 Å². The van der Waals surface area contributed by atoms with Crippen LogP contribution in [0.4, 0.5) is 5.69 Å². The molecule has 0 aliphatic rings. The van der Waals surface area contributed by atoms with Crippen LogP contribution in [0.5, 0.6) is 11.5 Å². The Labute approximate surface area is 214 Å². The van der Waals surface area contributed by atoms with Crippen molar-refractivity contribution in [2.75, 3.05) is 12.4 Å². The Morgan fingerprint density at radius 3 is 2.33 bits per heavy atom. The lowest BCUT2D eigenvalue weighted by atomic mass is 10.1. The predicted molar refractivity (Wildman–Crippen MR) is 137 cm³/mol. The first kappa shape index (κ1) is 25.3. The van der Waals surface area contributed by atoms with Crippen molar-refractivity contribution >= 4 is 33.0 Å². The van der Waals surface area contributed by atoms with Gasteiger partial charge in [-0.3, -0.25) is 4.79 Å². The molecule has 0 radical (unpaired) electrons. The summed E-state index contributed by atoms with van der Waals surface area (Å²) >= 11 is 5.88. The van der Waals surface area contributed by atoms with Crippen molar-refractivity contribution in [3.05, 3.63) is 100 Å². The molecule has 0 aliphatic carbocycles. The third kappa shape index (κ3) is 5.72. The molecule has 0 atom stereocenters. The number of furan rings is 1. The fourth-order valence-electron chi connectivity index (χ4n) is 3.40. The monoisotopic (exact) mass is 525 g/mol. The summed E-state index contributed by atoms with van der Waals surface area (Å²) in [6.07, 6.45) is 0. The zero-order valence-corrected chi connectivity index (χ0v) is 21.4. The van der Waals surface area contributed by atoms with E-state index in [4.69, 9.17) is 25.5 Å². The van der Waals surface area contributed by atoms with E-state index in [2.05, 4.69) is 5.32 Å². The maximum absolute atomic E-state index is 13.1. The van der Waals surface area contributed by atoms with Gasteiger partial charge in [-0.05, 0) is 85.6 Å². The lowest BCUT2D eigenvalue weighted by Gasteiger charge is -2.11. The summed E-state index contributed by atoms with van der Waals surface area (Å²) in [6.45, 7) is 4.18. The fourth-order valence-corrected chi connectivity index (χ4v) is 4.84. The molecule has 0 spiro atoms. The van der Waals surface area contributed by atoms with E-state index >= 15 is 0 Å². The molecule has 36 heavy (non-hydrogen) atoms. The SMILES string of the molecule is COc1cc(NC(=O)c2ccc(COc3ccc(C)c(C)c3)o2)cc(S(=O)(=O)c2ccc(Cl)cc2)c1. The molecule has 0 unspecified atom stereocenters. The highest BCUT2D eigenvalue weighted by atomic mass is 35.5. The molecule has 0 saturated heterocycles. The summed E-state index contributed by atoms with van der Waals surface area (Å²) in [5, 5.41) is 3.09. The second-order valence-electron chi connectivity index (χ2n) is 8.11. The first-order valence-corrected chi connectivity index (χ1v) is 12.8. The smallest absolute Gasteiger partial charge is 0.291 e. The highest BCUT2D eigenvalue weighted by Gasteiger charge is 2.21. The Kier molecular flexibility index (Phi) is 7.37. The molecule has 1 heterocycles. The molecule has 1 aromatic heterocycles. The second-order valence-corrected chi connectivity index (χ2v) is 10.5. The standard InChI is InChI=1S/C27H24ClNO6S/c1-17-4-7-21(12-18(17)2)34-16-22-8-11-26(35-22)27(30)29-20-13-23(33-3)15-25(14-20)36(31,32)24-9-5-19(28)6-10-24/h4-15H,16H2,1-3H3,(H,29,30). The maximum Gasteiger partial charge on any atom is 0.291 e. The minimum Gasteiger partial charge on any atom is -0.497 e. The number of ether oxygens (including phenoxy) is 2. The number of carbonyl (C=O) groups is 1. The number of nitrogens with one attached hydrogen (secondary N) is 1. The Morgan fingerprint density at radius 1 is 0.889 bits per heavy atom. The van der Waals surface area contributed by atoms with E-state index in [1.165, 1.54) is 61.2 Å². The van der Waals surface area contributed by atoms with E-state index in [-0.39, 0.29) is 33.6 Å². The van der Waals surface area contributed by atoms with Gasteiger partial charge in [0.1, 0.15) is 23.9 Å². The van der Waals surface area contributed by atoms with Crippen LogP contribution in [0.15, 0.2) is 87.0 Å². The van der Waals surface area contributed by atoms with Crippen LogP contribution in [-0.4, -0.2) is 21.4 Å². The minimum absolute atomic E-state index is 0.0404. The zero-order valence-electron chi connectivity index (χ0n) is 19.9. The summed E-state index contributed by atoms with van der Waals surface area (Å²) in [7, 11) is -2.47. The van der Waals surface area contributed by atoms with Crippen LogP contribution in [0.25, 0.3) is 0 Å². The maximum atomic E-state index is 13.1. The molecule has 4 rings (SSSR count). The summed E-state index contributed by atoms with van der Waals surface area (Å²) in [5.74, 6) is 0.942. The molecule has 4 aromatic rings. The highest BCUT2D eigenvalue weighted by Crippen LogP contribution is 2.29. The van der Waals surface area contributed by atoms with Gasteiger partial charge in [0.05, 0.1) is 16.9 Å². The number of hydrogen-bond donors (Lipinski definition) is 1. The van der Waals surface area contributed by atoms with Crippen molar-refractivity contribution in [1.82, 2.24) is 0 Å². The largest absolute Gasteiger partial charge is 0.497 e. The average Bonchev–Trinajstić information content (AvgIpc) is 3.34. The zero-order chi connectivity index (χ0) is 25.9. The van der Waals surface area contributed by atoms with E-state index < -0.39 is 15.7 Å². The topological polar surface area (TPSA) is 94.8 Å². The van der Waals surface area contributed by atoms with Gasteiger partial charge in [0.15, 0.2) is 5.76 Å². The van der Waals surface area contributed by atoms with Crippen molar-refractivity contribution < 1.29 is 27.1 Å². The van der Waals surface area contributed by atoms with Gasteiger partial charge in [-0.1, -0.05) is 17.7 Å². The van der Waals surface area contributed by atoms with Crippen LogP contribution < -0.4 is 14.8 Å². The molecule has 0 aliphatic heterocycles. The fraction of sp³-hybridized carbons (Fsp3) is 0.148. The van der Waals surface area contributed by atoms with E-state index in [0.717, 1.165) is 5.56 Å². The van der Waals surface area contributed by atoms with Gasteiger partial charge in [0.25, 0.3) is 5.91 Å². The third-order valence-electron chi connectivity index (χ3n) is 5.55. The van der Waals surface area contributed by atoms with Crippen LogP contribution >= 0.6 is 11.6 Å². The van der Waals surface area contributed by atoms with Gasteiger partial charge in [0, 0.05) is 16.8 Å². The molecule has 1 N–H and O–H groups in total. The Hall–Kier alpha value is -3.75. The van der Waals surface area contributed by atoms with Crippen molar-refractivity contribution in [2.24, 2.45) is 0 Å². The van der Waals surface area contributed by atoms with Crippen molar-refractivity contribution in [3.63, 3.8) is 0 Å². The number of rotatable bonds is 8. The van der Waals surface area contributed by atoms with E-state index in [1.807, 2.05) is 32.0 Å². The van der Waals surface area contributed by atoms with E-state index in [1.54, 1.807) is 6.07 Å². The van der Waals surface area contributed by atoms with Crippen molar-refractivity contribution in [1.29, 1.82) is 0 Å². The molecule has 7 nitrogen and oxygen atoms in total. The minimum atomic E-state index is -3.88. The Morgan fingerprint density at radius 2 is 1.64 bits per heavy atom. The van der Waals surface area contributed by atoms with Crippen LogP contribution in [0.3, 0.4) is 0 Å². The van der Waals surface area contributed by atoms with Crippen LogP contribution in [0.2, 0.25) is 5.02 Å². The van der Waals surface area contributed by atoms with Gasteiger partial charge >= 0.3 is 0 Å². The number of benzene rings is 3. The predicted octanol–water partition coefficient (Wildman–Crippen LogP) is 6.22. The van der Waals surface area contributed by atoms with Crippen LogP contribution in [-0.2, 0) is 16.4 Å². The molecular weight excluding hydrogens is 502 g/mol. The van der Waals surface area contributed by atoms with Gasteiger partial charge in [-0.2, -0.15) is 0 Å². The molecule has 0 fully saturated rings. The van der Waals surface area contributed by atoms with E-state index in [9.17, 15) is 13.2 Å². The van der Waals surface area contributed by atoms with E-state index in [0.29, 0.717) is 16.5 Å². The van der Waals surface area contributed by atoms with Gasteiger partial charge in [-0.25, -0.2) is 8.42 Å². The lowest BCUT2D eigenvalue weighted by Crippen LogP contribution is -2.12. The van der Waals surface area contributed by atoms with Gasteiger partial charge in [0.2, 0.25) is 9.84 Å². The number of hydrogen-bond acceptors (Lipinski definition) is 6. The van der Waals surface area contributed by atoms with Crippen LogP contribution in [0, 0.1) is 13.8 Å². The quantitative estimate of drug-likeness (QED) is 0.293. The first-order valence-electron chi connectivity index (χ1n) is 11.0.